The molecule has 0 saturated carbocycles. The van der Waals surface area contributed by atoms with Gasteiger partial charge in [0.25, 0.3) is 5.56 Å². The van der Waals surface area contributed by atoms with Crippen LogP contribution in [-0.2, 0) is 19.5 Å². The van der Waals surface area contributed by atoms with Crippen LogP contribution >= 0.6 is 0 Å². The van der Waals surface area contributed by atoms with Gasteiger partial charge in [-0.1, -0.05) is 96.1 Å². The minimum Gasteiger partial charge on any atom is -0.497 e. The van der Waals surface area contributed by atoms with Gasteiger partial charge in [0, 0.05) is 12.3 Å². The fourth-order valence-corrected chi connectivity index (χ4v) is 13.5. The molecule has 12 heteroatoms. The second kappa shape index (κ2) is 15.9. The number of ether oxygens (including phenoxy) is 4. The quantitative estimate of drug-likeness (QED) is 0.103. The highest BCUT2D eigenvalue weighted by atomic mass is 28.4. The molecule has 52 heavy (non-hydrogen) atoms. The standard InChI is InChI=1S/C40H52N2O9Si/c1-26(2)52(27(3)4,28(5)6)50-25-39(36(45)35(44)37(51-39)42-23-22-34(43)41-38(42)46)24-49-40(29-12-10-9-11-13-29,30-14-18-32(47-7)19-15-30)31-16-20-33(48-8)21-17-31/h9-23,26-28,35-37,44-45H,24-25H2,1-8H3,(H,41,43,46)/t35-,36+,37-,39+/m1/s1. The van der Waals surface area contributed by atoms with Crippen LogP contribution in [0, 0.1) is 0 Å². The van der Waals surface area contributed by atoms with Crippen molar-refractivity contribution in [3.8, 4) is 11.5 Å². The van der Waals surface area contributed by atoms with Crippen LogP contribution in [0.25, 0.3) is 0 Å². The van der Waals surface area contributed by atoms with Gasteiger partial charge in [-0.2, -0.15) is 0 Å². The third-order valence-corrected chi connectivity index (χ3v) is 16.7. The molecule has 0 spiro atoms. The molecular weight excluding hydrogens is 681 g/mol. The van der Waals surface area contributed by atoms with Gasteiger partial charge in [-0.05, 0) is 57.6 Å². The zero-order valence-electron chi connectivity index (χ0n) is 31.2. The third kappa shape index (κ3) is 7.15. The molecule has 4 atom stereocenters. The summed E-state index contributed by atoms with van der Waals surface area (Å²) in [5, 5.41) is 23.7. The lowest BCUT2D eigenvalue weighted by molar-refractivity contribution is -0.176. The summed E-state index contributed by atoms with van der Waals surface area (Å²) in [6, 6.07) is 26.0. The van der Waals surface area contributed by atoms with Crippen molar-refractivity contribution in [3.63, 3.8) is 0 Å². The molecule has 1 fully saturated rings. The van der Waals surface area contributed by atoms with Crippen molar-refractivity contribution in [3.05, 3.63) is 129 Å². The second-order valence-electron chi connectivity index (χ2n) is 14.4. The van der Waals surface area contributed by atoms with Gasteiger partial charge in [-0.25, -0.2) is 4.79 Å². The van der Waals surface area contributed by atoms with E-state index >= 15 is 0 Å². The number of aromatic nitrogens is 2. The minimum absolute atomic E-state index is 0.128. The maximum absolute atomic E-state index is 13.0. The first-order chi connectivity index (χ1) is 24.7. The summed E-state index contributed by atoms with van der Waals surface area (Å²) < 4.78 is 33.1. The molecule has 5 rings (SSSR count). The van der Waals surface area contributed by atoms with E-state index in [1.54, 1.807) is 14.2 Å². The van der Waals surface area contributed by atoms with Crippen molar-refractivity contribution in [2.45, 2.75) is 87.8 Å². The summed E-state index contributed by atoms with van der Waals surface area (Å²) in [6.07, 6.45) is -3.24. The lowest BCUT2D eigenvalue weighted by Gasteiger charge is -2.46. The first-order valence-corrected chi connectivity index (χ1v) is 19.9. The molecular formula is C40H52N2O9Si. The summed E-state index contributed by atoms with van der Waals surface area (Å²) in [4.78, 5) is 27.2. The molecule has 1 aliphatic heterocycles. The third-order valence-electron chi connectivity index (χ3n) is 10.6. The Kier molecular flexibility index (Phi) is 12.0. The number of hydrogen-bond acceptors (Lipinski definition) is 9. The maximum atomic E-state index is 13.0. The van der Waals surface area contributed by atoms with Crippen LogP contribution in [0.15, 0.2) is 101 Å². The van der Waals surface area contributed by atoms with Gasteiger partial charge in [0.15, 0.2) is 14.5 Å². The van der Waals surface area contributed by atoms with Crippen LogP contribution < -0.4 is 20.7 Å². The fourth-order valence-electron chi connectivity index (χ4n) is 8.03. The molecule has 1 aromatic heterocycles. The lowest BCUT2D eigenvalue weighted by atomic mass is 9.79. The second-order valence-corrected chi connectivity index (χ2v) is 19.9. The molecule has 0 bridgehead atoms. The van der Waals surface area contributed by atoms with E-state index in [1.807, 2.05) is 78.9 Å². The van der Waals surface area contributed by atoms with Crippen LogP contribution in [-0.4, -0.2) is 73.3 Å². The van der Waals surface area contributed by atoms with Crippen molar-refractivity contribution < 1.29 is 33.6 Å². The Labute approximate surface area is 306 Å². The van der Waals surface area contributed by atoms with Crippen LogP contribution in [0.3, 0.4) is 0 Å². The average molecular weight is 733 g/mol. The van der Waals surface area contributed by atoms with Crippen LogP contribution in [0.2, 0.25) is 16.6 Å². The lowest BCUT2D eigenvalue weighted by Crippen LogP contribution is -2.57. The van der Waals surface area contributed by atoms with E-state index < -0.39 is 49.2 Å². The normalized spacial score (nSPS) is 20.9. The highest BCUT2D eigenvalue weighted by molar-refractivity contribution is 6.77. The molecule has 2 heterocycles. The zero-order chi connectivity index (χ0) is 37.8. The summed E-state index contributed by atoms with van der Waals surface area (Å²) in [7, 11) is 0.634. The van der Waals surface area contributed by atoms with E-state index in [2.05, 4.69) is 46.5 Å². The van der Waals surface area contributed by atoms with Crippen LogP contribution in [0.5, 0.6) is 11.5 Å². The SMILES string of the molecule is COc1ccc(C(OC[C@@]2(CO[Si](C(C)C)(C(C)C)C(C)C)O[C@@H](n3ccc(=O)[nH]c3=O)[C@H](O)[C@@H]2O)(c2ccccc2)c2ccc(OC)cc2)cc1. The Morgan fingerprint density at radius 3 is 1.73 bits per heavy atom. The van der Waals surface area contributed by atoms with E-state index in [0.29, 0.717) is 11.5 Å². The number of rotatable bonds is 15. The van der Waals surface area contributed by atoms with Crippen LogP contribution in [0.1, 0.15) is 64.5 Å². The van der Waals surface area contributed by atoms with Crippen molar-refractivity contribution in [1.29, 1.82) is 0 Å². The Morgan fingerprint density at radius 2 is 1.27 bits per heavy atom. The minimum atomic E-state index is -2.57. The number of aliphatic hydroxyl groups excluding tert-OH is 2. The summed E-state index contributed by atoms with van der Waals surface area (Å²) in [5.41, 5.74) is -1.41. The van der Waals surface area contributed by atoms with E-state index in [1.165, 1.54) is 12.3 Å². The molecule has 1 aliphatic rings. The number of hydrogen-bond donors (Lipinski definition) is 3. The highest BCUT2D eigenvalue weighted by Gasteiger charge is 2.58. The number of benzene rings is 3. The largest absolute Gasteiger partial charge is 0.497 e. The topological polar surface area (TPSA) is 141 Å². The van der Waals surface area contributed by atoms with E-state index in [0.717, 1.165) is 21.3 Å². The van der Waals surface area contributed by atoms with Gasteiger partial charge >= 0.3 is 5.69 Å². The predicted octanol–water partition coefficient (Wildman–Crippen LogP) is 5.74. The highest BCUT2D eigenvalue weighted by Crippen LogP contribution is 2.47. The molecule has 0 aliphatic carbocycles. The van der Waals surface area contributed by atoms with Crippen molar-refractivity contribution in [2.24, 2.45) is 0 Å². The molecule has 4 aromatic rings. The van der Waals surface area contributed by atoms with Gasteiger partial charge in [-0.3, -0.25) is 14.3 Å². The smallest absolute Gasteiger partial charge is 0.330 e. The van der Waals surface area contributed by atoms with Gasteiger partial charge in [0.05, 0.1) is 27.4 Å². The van der Waals surface area contributed by atoms with Gasteiger partial charge < -0.3 is 33.6 Å². The maximum Gasteiger partial charge on any atom is 0.330 e. The van der Waals surface area contributed by atoms with E-state index in [-0.39, 0.29) is 29.8 Å². The number of methoxy groups -OCH3 is 2. The molecule has 0 unspecified atom stereocenters. The van der Waals surface area contributed by atoms with Crippen molar-refractivity contribution in [2.75, 3.05) is 27.4 Å². The molecule has 3 N–H and O–H groups in total. The number of H-pyrrole nitrogens is 1. The summed E-state index contributed by atoms with van der Waals surface area (Å²) >= 11 is 0. The predicted molar refractivity (Wildman–Crippen MR) is 201 cm³/mol. The molecule has 11 nitrogen and oxygen atoms in total. The Bertz CT molecular complexity index is 1810. The molecule has 0 amide bonds. The number of aromatic amines is 1. The molecule has 0 radical (unpaired) electrons. The fraction of sp³-hybridized carbons (Fsp3) is 0.450. The van der Waals surface area contributed by atoms with Crippen LogP contribution in [0.4, 0.5) is 0 Å². The molecule has 1 saturated heterocycles. The zero-order valence-corrected chi connectivity index (χ0v) is 32.2. The van der Waals surface area contributed by atoms with Gasteiger partial charge in [0.1, 0.15) is 34.9 Å². The molecule has 3 aromatic carbocycles. The van der Waals surface area contributed by atoms with Crippen molar-refractivity contribution in [1.82, 2.24) is 9.55 Å². The van der Waals surface area contributed by atoms with Crippen molar-refractivity contribution >= 4 is 8.32 Å². The van der Waals surface area contributed by atoms with Gasteiger partial charge in [-0.15, -0.1) is 0 Å². The average Bonchev–Trinajstić information content (AvgIpc) is 3.38. The number of nitrogens with zero attached hydrogens (tertiary/aromatic N) is 1. The summed E-state index contributed by atoms with van der Waals surface area (Å²) in [5.74, 6) is 1.32. The summed E-state index contributed by atoms with van der Waals surface area (Å²) in [6.45, 7) is 12.6. The molecule has 280 valence electrons. The van der Waals surface area contributed by atoms with E-state index in [4.69, 9.17) is 23.4 Å². The number of aliphatic hydroxyl groups is 2. The number of nitrogens with one attached hydrogen (secondary N) is 1. The Hall–Kier alpha value is -4.04. The van der Waals surface area contributed by atoms with E-state index in [9.17, 15) is 19.8 Å². The van der Waals surface area contributed by atoms with Gasteiger partial charge in [0.2, 0.25) is 0 Å². The Balaban J connectivity index is 1.70. The first kappa shape index (κ1) is 39.2. The first-order valence-electron chi connectivity index (χ1n) is 17.7. The Morgan fingerprint density at radius 1 is 0.769 bits per heavy atom. The monoisotopic (exact) mass is 732 g/mol.